The van der Waals surface area contributed by atoms with Crippen molar-refractivity contribution in [3.63, 3.8) is 0 Å². The Morgan fingerprint density at radius 2 is 1.47 bits per heavy atom. The fraction of sp³-hybridized carbons (Fsp3) is 0. The van der Waals surface area contributed by atoms with Crippen LogP contribution in [-0.4, -0.2) is 14.5 Å². The second-order valence-electron chi connectivity index (χ2n) is 8.13. The van der Waals surface area contributed by atoms with E-state index >= 15 is 4.39 Å². The molecule has 0 aliphatic carbocycles. The summed E-state index contributed by atoms with van der Waals surface area (Å²) in [5, 5.41) is 0.607. The van der Waals surface area contributed by atoms with Gasteiger partial charge >= 0.3 is 0 Å². The second-order valence-corrected chi connectivity index (χ2v) is 8.13. The van der Waals surface area contributed by atoms with Gasteiger partial charge in [-0.3, -0.25) is 4.57 Å². The maximum atomic E-state index is 15.6. The predicted octanol–water partition coefficient (Wildman–Crippen LogP) is 7.59. The highest BCUT2D eigenvalue weighted by atomic mass is 19.1. The minimum absolute atomic E-state index is 0.0505. The van der Waals surface area contributed by atoms with Crippen LogP contribution in [0.25, 0.3) is 38.8 Å². The fourth-order valence-electron chi connectivity index (χ4n) is 4.32. The molecule has 36 heavy (non-hydrogen) atoms. The molecular weight excluding hydrogens is 470 g/mol. The molecule has 0 N–H and O–H groups in total. The third kappa shape index (κ3) is 3.82. The number of aromatic nitrogens is 3. The number of nitrogens with zero attached hydrogens (tertiary/aromatic N) is 3. The van der Waals surface area contributed by atoms with Crippen LogP contribution in [0, 0.1) is 23.3 Å². The van der Waals surface area contributed by atoms with E-state index in [4.69, 9.17) is 4.74 Å². The third-order valence-electron chi connectivity index (χ3n) is 5.78. The van der Waals surface area contributed by atoms with Crippen LogP contribution in [0.1, 0.15) is 0 Å². The number of halogens is 4. The minimum atomic E-state index is -0.633. The van der Waals surface area contributed by atoms with Gasteiger partial charge in [0.2, 0.25) is 5.88 Å². The normalized spacial score (nSPS) is 11.3. The number of benzene rings is 3. The lowest BCUT2D eigenvalue weighted by Gasteiger charge is -2.10. The van der Waals surface area contributed by atoms with Gasteiger partial charge in [-0.2, -0.15) is 0 Å². The Morgan fingerprint density at radius 1 is 0.639 bits per heavy atom. The minimum Gasteiger partial charge on any atom is -0.439 e. The molecule has 0 radical (unpaired) electrons. The van der Waals surface area contributed by atoms with Crippen LogP contribution in [-0.2, 0) is 0 Å². The summed E-state index contributed by atoms with van der Waals surface area (Å²) in [7, 11) is 0. The summed E-state index contributed by atoms with van der Waals surface area (Å²) >= 11 is 0. The Labute approximate surface area is 202 Å². The van der Waals surface area contributed by atoms with E-state index in [1.165, 1.54) is 36.5 Å². The van der Waals surface area contributed by atoms with Gasteiger partial charge in [0.05, 0.1) is 11.0 Å². The fourth-order valence-corrected chi connectivity index (χ4v) is 4.32. The summed E-state index contributed by atoms with van der Waals surface area (Å²) in [6, 6.07) is 18.5. The van der Waals surface area contributed by atoms with Crippen molar-refractivity contribution in [2.45, 2.75) is 0 Å². The first kappa shape index (κ1) is 21.8. The first-order valence-electron chi connectivity index (χ1n) is 10.9. The standard InChI is InChI=1S/C28H15F4N3O/c29-18-4-5-24-22(14-18)28-23(32)11-17(12-25(28)35(24)26-3-1-2-7-33-26)16-9-20(31)13-21(10-16)36-27-15-19(30)6-8-34-27/h1-15H. The van der Waals surface area contributed by atoms with Crippen LogP contribution in [0.4, 0.5) is 17.6 Å². The number of pyridine rings is 2. The summed E-state index contributed by atoms with van der Waals surface area (Å²) in [6.07, 6.45) is 2.83. The van der Waals surface area contributed by atoms with Crippen molar-refractivity contribution in [1.82, 2.24) is 14.5 Å². The lowest BCUT2D eigenvalue weighted by molar-refractivity contribution is 0.452. The number of rotatable bonds is 4. The maximum Gasteiger partial charge on any atom is 0.222 e. The second kappa shape index (κ2) is 8.49. The van der Waals surface area contributed by atoms with Gasteiger partial charge in [-0.1, -0.05) is 6.07 Å². The molecule has 6 rings (SSSR count). The van der Waals surface area contributed by atoms with E-state index in [-0.39, 0.29) is 17.0 Å². The van der Waals surface area contributed by atoms with Crippen LogP contribution in [0.3, 0.4) is 0 Å². The van der Waals surface area contributed by atoms with Gasteiger partial charge in [0, 0.05) is 35.3 Å². The molecule has 0 atom stereocenters. The smallest absolute Gasteiger partial charge is 0.222 e. The van der Waals surface area contributed by atoms with Crippen LogP contribution >= 0.6 is 0 Å². The van der Waals surface area contributed by atoms with Crippen LogP contribution in [0.5, 0.6) is 11.6 Å². The molecule has 0 fully saturated rings. The molecule has 0 aliphatic heterocycles. The number of hydrogen-bond acceptors (Lipinski definition) is 3. The molecule has 0 saturated heterocycles. The molecule has 0 bridgehead atoms. The summed E-state index contributed by atoms with van der Waals surface area (Å²) in [5.41, 5.74) is 1.69. The molecule has 176 valence electrons. The van der Waals surface area contributed by atoms with E-state index in [0.717, 1.165) is 18.2 Å². The lowest BCUT2D eigenvalue weighted by Crippen LogP contribution is -1.97. The molecule has 0 unspecified atom stereocenters. The summed E-state index contributed by atoms with van der Waals surface area (Å²) in [5.74, 6) is -1.76. The van der Waals surface area contributed by atoms with Gasteiger partial charge in [-0.05, 0) is 71.8 Å². The van der Waals surface area contributed by atoms with Gasteiger partial charge in [-0.25, -0.2) is 27.5 Å². The Morgan fingerprint density at radius 3 is 2.28 bits per heavy atom. The summed E-state index contributed by atoms with van der Waals surface area (Å²) in [6.45, 7) is 0. The zero-order valence-corrected chi connectivity index (χ0v) is 18.4. The Bertz CT molecular complexity index is 1770. The maximum absolute atomic E-state index is 15.6. The molecule has 3 aromatic carbocycles. The van der Waals surface area contributed by atoms with E-state index in [0.29, 0.717) is 33.4 Å². The monoisotopic (exact) mass is 485 g/mol. The van der Waals surface area contributed by atoms with E-state index in [2.05, 4.69) is 9.97 Å². The Kier molecular flexibility index (Phi) is 5.14. The first-order valence-corrected chi connectivity index (χ1v) is 10.9. The molecule has 0 spiro atoms. The van der Waals surface area contributed by atoms with Gasteiger partial charge in [0.1, 0.15) is 34.8 Å². The van der Waals surface area contributed by atoms with E-state index in [1.54, 1.807) is 41.1 Å². The predicted molar refractivity (Wildman–Crippen MR) is 128 cm³/mol. The number of ether oxygens (including phenoxy) is 1. The van der Waals surface area contributed by atoms with Crippen molar-refractivity contribution in [3.8, 4) is 28.6 Å². The zero-order chi connectivity index (χ0) is 24.8. The molecule has 3 aromatic heterocycles. The van der Waals surface area contributed by atoms with Gasteiger partial charge in [0.15, 0.2) is 0 Å². The van der Waals surface area contributed by atoms with E-state index in [1.807, 2.05) is 0 Å². The van der Waals surface area contributed by atoms with Gasteiger partial charge in [-0.15, -0.1) is 0 Å². The molecule has 0 saturated carbocycles. The molecule has 4 nitrogen and oxygen atoms in total. The molecule has 0 aliphatic rings. The summed E-state index contributed by atoms with van der Waals surface area (Å²) < 4.78 is 65.0. The zero-order valence-electron chi connectivity index (χ0n) is 18.4. The number of hydrogen-bond donors (Lipinski definition) is 0. The van der Waals surface area contributed by atoms with Crippen molar-refractivity contribution in [2.75, 3.05) is 0 Å². The largest absolute Gasteiger partial charge is 0.439 e. The Balaban J connectivity index is 1.56. The van der Waals surface area contributed by atoms with E-state index in [9.17, 15) is 13.2 Å². The quantitative estimate of drug-likeness (QED) is 0.242. The van der Waals surface area contributed by atoms with Crippen molar-refractivity contribution in [2.24, 2.45) is 0 Å². The van der Waals surface area contributed by atoms with Gasteiger partial charge in [0.25, 0.3) is 0 Å². The molecule has 6 aromatic rings. The van der Waals surface area contributed by atoms with Crippen molar-refractivity contribution in [1.29, 1.82) is 0 Å². The summed E-state index contributed by atoms with van der Waals surface area (Å²) in [4.78, 5) is 8.30. The van der Waals surface area contributed by atoms with Crippen LogP contribution < -0.4 is 4.74 Å². The molecule has 8 heteroatoms. The third-order valence-corrected chi connectivity index (χ3v) is 5.78. The first-order chi connectivity index (χ1) is 17.5. The molecule has 0 amide bonds. The van der Waals surface area contributed by atoms with Crippen molar-refractivity contribution in [3.05, 3.63) is 115 Å². The van der Waals surface area contributed by atoms with Gasteiger partial charge < -0.3 is 4.74 Å². The topological polar surface area (TPSA) is 39.9 Å². The molecule has 3 heterocycles. The number of fused-ring (bicyclic) bond motifs is 3. The Hall–Kier alpha value is -4.72. The van der Waals surface area contributed by atoms with Crippen molar-refractivity contribution < 1.29 is 22.3 Å². The molecular formula is C28H15F4N3O. The van der Waals surface area contributed by atoms with Crippen molar-refractivity contribution >= 4 is 21.8 Å². The highest BCUT2D eigenvalue weighted by Gasteiger charge is 2.19. The highest BCUT2D eigenvalue weighted by molar-refractivity contribution is 6.10. The average Bonchev–Trinajstić information content (AvgIpc) is 3.18. The lowest BCUT2D eigenvalue weighted by atomic mass is 10.0. The van der Waals surface area contributed by atoms with Crippen LogP contribution in [0.2, 0.25) is 0 Å². The SMILES string of the molecule is Fc1cc(Oc2cc(F)ccn2)cc(-c2cc(F)c3c4cc(F)ccc4n(-c4ccccn4)c3c2)c1. The highest BCUT2D eigenvalue weighted by Crippen LogP contribution is 2.37. The van der Waals surface area contributed by atoms with Crippen LogP contribution in [0.15, 0.2) is 91.3 Å². The average molecular weight is 485 g/mol. The van der Waals surface area contributed by atoms with E-state index < -0.39 is 23.3 Å².